The molecule has 2 atom stereocenters. The highest BCUT2D eigenvalue weighted by molar-refractivity contribution is 5.76. The second kappa shape index (κ2) is 7.01. The highest BCUT2D eigenvalue weighted by Crippen LogP contribution is 2.22. The molecular weight excluding hydrogens is 246 g/mol. The second-order valence-corrected chi connectivity index (χ2v) is 5.17. The lowest BCUT2D eigenvalue weighted by atomic mass is 9.99. The van der Waals surface area contributed by atoms with Gasteiger partial charge in [0.1, 0.15) is 5.78 Å². The molecule has 0 bridgehead atoms. The first kappa shape index (κ1) is 14.5. The summed E-state index contributed by atoms with van der Waals surface area (Å²) in [4.78, 5) is 11.5. The summed E-state index contributed by atoms with van der Waals surface area (Å²) < 4.78 is 0. The maximum absolute atomic E-state index is 11.5. The highest BCUT2D eigenvalue weighted by atomic mass is 16.1. The molecular formula is C18H21NO. The summed E-state index contributed by atoms with van der Waals surface area (Å²) >= 11 is 0. The summed E-state index contributed by atoms with van der Waals surface area (Å²) in [5.74, 6) is 0.201. The van der Waals surface area contributed by atoms with Gasteiger partial charge in [-0.15, -0.1) is 0 Å². The van der Waals surface area contributed by atoms with Gasteiger partial charge in [0.25, 0.3) is 0 Å². The molecule has 0 fully saturated rings. The average molecular weight is 267 g/mol. The zero-order chi connectivity index (χ0) is 14.4. The van der Waals surface area contributed by atoms with E-state index in [2.05, 4.69) is 36.5 Å². The van der Waals surface area contributed by atoms with Crippen LogP contribution >= 0.6 is 0 Å². The molecule has 0 amide bonds. The number of nitrogens with one attached hydrogen (secondary N) is 1. The van der Waals surface area contributed by atoms with Crippen LogP contribution in [0, 0.1) is 0 Å². The minimum atomic E-state index is 0.0592. The average Bonchev–Trinajstić information content (AvgIpc) is 2.48. The molecule has 1 unspecified atom stereocenters. The molecule has 0 radical (unpaired) electrons. The second-order valence-electron chi connectivity index (χ2n) is 5.17. The molecule has 0 saturated carbocycles. The number of carbonyl (C=O) groups excluding carboxylic acids is 1. The normalized spacial score (nSPS) is 13.7. The number of carbonyl (C=O) groups is 1. The third kappa shape index (κ3) is 4.04. The molecule has 0 aliphatic rings. The largest absolute Gasteiger partial charge is 0.303 e. The molecule has 0 aromatic heterocycles. The van der Waals surface area contributed by atoms with E-state index in [0.717, 1.165) is 5.56 Å². The Kier molecular flexibility index (Phi) is 5.08. The van der Waals surface area contributed by atoms with Crippen molar-refractivity contribution in [2.24, 2.45) is 0 Å². The first-order valence-electron chi connectivity index (χ1n) is 7.02. The number of benzene rings is 2. The first-order chi connectivity index (χ1) is 9.66. The van der Waals surface area contributed by atoms with Gasteiger partial charge in [0.2, 0.25) is 0 Å². The summed E-state index contributed by atoms with van der Waals surface area (Å²) in [6.45, 7) is 3.77. The molecule has 0 heterocycles. The van der Waals surface area contributed by atoms with Crippen LogP contribution < -0.4 is 5.32 Å². The van der Waals surface area contributed by atoms with Crippen molar-refractivity contribution in [3.8, 4) is 0 Å². The molecule has 2 aromatic carbocycles. The maximum atomic E-state index is 11.5. The van der Waals surface area contributed by atoms with E-state index in [9.17, 15) is 4.79 Å². The van der Waals surface area contributed by atoms with Gasteiger partial charge in [0.05, 0.1) is 0 Å². The van der Waals surface area contributed by atoms with Gasteiger partial charge in [-0.2, -0.15) is 0 Å². The van der Waals surface area contributed by atoms with Crippen molar-refractivity contribution in [2.45, 2.75) is 32.4 Å². The summed E-state index contributed by atoms with van der Waals surface area (Å²) in [5, 5.41) is 3.56. The molecule has 0 aliphatic heterocycles. The van der Waals surface area contributed by atoms with Crippen LogP contribution in [-0.4, -0.2) is 5.78 Å². The van der Waals surface area contributed by atoms with Crippen molar-refractivity contribution < 1.29 is 4.79 Å². The molecule has 0 aliphatic carbocycles. The standard InChI is InChI=1S/C18H21NO/c1-14(20)13-18(17-11-7-4-8-12-17)19-15(2)16-9-5-3-6-10-16/h3-12,15,18-19H,13H2,1-2H3/t15-,18?/m1/s1. The fourth-order valence-corrected chi connectivity index (χ4v) is 2.39. The Morgan fingerprint density at radius 3 is 1.95 bits per heavy atom. The number of ketones is 1. The van der Waals surface area contributed by atoms with E-state index >= 15 is 0 Å². The smallest absolute Gasteiger partial charge is 0.131 e. The fraction of sp³-hybridized carbons (Fsp3) is 0.278. The van der Waals surface area contributed by atoms with E-state index in [-0.39, 0.29) is 17.9 Å². The number of hydrogen-bond acceptors (Lipinski definition) is 2. The third-order valence-electron chi connectivity index (χ3n) is 3.44. The van der Waals surface area contributed by atoms with Crippen LogP contribution in [0.25, 0.3) is 0 Å². The molecule has 0 spiro atoms. The van der Waals surface area contributed by atoms with Crippen LogP contribution in [-0.2, 0) is 4.79 Å². The van der Waals surface area contributed by atoms with Gasteiger partial charge < -0.3 is 5.32 Å². The maximum Gasteiger partial charge on any atom is 0.131 e. The van der Waals surface area contributed by atoms with Crippen molar-refractivity contribution in [2.75, 3.05) is 0 Å². The van der Waals surface area contributed by atoms with Crippen molar-refractivity contribution in [1.29, 1.82) is 0 Å². The van der Waals surface area contributed by atoms with Crippen LogP contribution in [0.15, 0.2) is 60.7 Å². The van der Waals surface area contributed by atoms with Gasteiger partial charge in [0, 0.05) is 18.5 Å². The summed E-state index contributed by atoms with van der Waals surface area (Å²) in [6, 6.07) is 20.7. The van der Waals surface area contributed by atoms with Crippen LogP contribution in [0.5, 0.6) is 0 Å². The predicted molar refractivity (Wildman–Crippen MR) is 82.5 cm³/mol. The Morgan fingerprint density at radius 2 is 1.45 bits per heavy atom. The molecule has 2 nitrogen and oxygen atoms in total. The van der Waals surface area contributed by atoms with E-state index in [1.165, 1.54) is 5.56 Å². The lowest BCUT2D eigenvalue weighted by Crippen LogP contribution is -2.26. The van der Waals surface area contributed by atoms with Crippen LogP contribution in [0.3, 0.4) is 0 Å². The van der Waals surface area contributed by atoms with Crippen molar-refractivity contribution in [3.63, 3.8) is 0 Å². The molecule has 0 saturated heterocycles. The quantitative estimate of drug-likeness (QED) is 0.855. The Labute approximate surface area is 120 Å². The van der Waals surface area contributed by atoms with Gasteiger partial charge in [-0.1, -0.05) is 60.7 Å². The Balaban J connectivity index is 2.14. The van der Waals surface area contributed by atoms with Crippen LogP contribution in [0.2, 0.25) is 0 Å². The number of rotatable bonds is 6. The topological polar surface area (TPSA) is 29.1 Å². The first-order valence-corrected chi connectivity index (χ1v) is 7.02. The van der Waals surface area contributed by atoms with Crippen molar-refractivity contribution >= 4 is 5.78 Å². The van der Waals surface area contributed by atoms with Crippen molar-refractivity contribution in [1.82, 2.24) is 5.32 Å². The molecule has 2 heteroatoms. The SMILES string of the molecule is CC(=O)CC(N[C@H](C)c1ccccc1)c1ccccc1. The Morgan fingerprint density at radius 1 is 0.950 bits per heavy atom. The van der Waals surface area contributed by atoms with E-state index < -0.39 is 0 Å². The Bertz CT molecular complexity index is 536. The van der Waals surface area contributed by atoms with Crippen LogP contribution in [0.4, 0.5) is 0 Å². The van der Waals surface area contributed by atoms with E-state index in [4.69, 9.17) is 0 Å². The van der Waals surface area contributed by atoms with E-state index in [1.807, 2.05) is 36.4 Å². The summed E-state index contributed by atoms with van der Waals surface area (Å²) in [6.07, 6.45) is 0.515. The molecule has 2 rings (SSSR count). The Hall–Kier alpha value is -1.93. The van der Waals surface area contributed by atoms with Gasteiger partial charge in [0.15, 0.2) is 0 Å². The molecule has 2 aromatic rings. The summed E-state index contributed by atoms with van der Waals surface area (Å²) in [5.41, 5.74) is 2.39. The van der Waals surface area contributed by atoms with Gasteiger partial charge >= 0.3 is 0 Å². The fourth-order valence-electron chi connectivity index (χ4n) is 2.39. The number of Topliss-reactive ketones (excluding diaryl/α,β-unsaturated/α-hetero) is 1. The van der Waals surface area contributed by atoms with Gasteiger partial charge in [-0.3, -0.25) is 4.79 Å². The lowest BCUT2D eigenvalue weighted by Gasteiger charge is -2.23. The van der Waals surface area contributed by atoms with E-state index in [1.54, 1.807) is 6.92 Å². The van der Waals surface area contributed by atoms with E-state index in [0.29, 0.717) is 6.42 Å². The minimum absolute atomic E-state index is 0.0592. The zero-order valence-electron chi connectivity index (χ0n) is 12.0. The zero-order valence-corrected chi connectivity index (χ0v) is 12.0. The highest BCUT2D eigenvalue weighted by Gasteiger charge is 2.16. The predicted octanol–water partition coefficient (Wildman–Crippen LogP) is 4.06. The van der Waals surface area contributed by atoms with Gasteiger partial charge in [-0.05, 0) is 25.0 Å². The molecule has 104 valence electrons. The van der Waals surface area contributed by atoms with Crippen molar-refractivity contribution in [3.05, 3.63) is 71.8 Å². The lowest BCUT2D eigenvalue weighted by molar-refractivity contribution is -0.117. The minimum Gasteiger partial charge on any atom is -0.303 e. The van der Waals surface area contributed by atoms with Crippen LogP contribution in [0.1, 0.15) is 43.5 Å². The summed E-state index contributed by atoms with van der Waals surface area (Å²) in [7, 11) is 0. The monoisotopic (exact) mass is 267 g/mol. The number of hydrogen-bond donors (Lipinski definition) is 1. The molecule has 1 N–H and O–H groups in total. The van der Waals surface area contributed by atoms with Gasteiger partial charge in [-0.25, -0.2) is 0 Å². The molecule has 20 heavy (non-hydrogen) atoms. The third-order valence-corrected chi connectivity index (χ3v) is 3.44.